The van der Waals surface area contributed by atoms with Gasteiger partial charge in [-0.3, -0.25) is 9.78 Å². The molecule has 9 heteroatoms. The summed E-state index contributed by atoms with van der Waals surface area (Å²) in [6, 6.07) is 8.04. The molecule has 0 radical (unpaired) electrons. The highest BCUT2D eigenvalue weighted by molar-refractivity contribution is 7.93. The van der Waals surface area contributed by atoms with E-state index in [-0.39, 0.29) is 10.7 Å². The number of rotatable bonds is 3. The lowest BCUT2D eigenvalue weighted by Gasteiger charge is -2.02. The van der Waals surface area contributed by atoms with Crippen molar-refractivity contribution in [2.24, 2.45) is 4.36 Å². The summed E-state index contributed by atoms with van der Waals surface area (Å²) in [4.78, 5) is 24.3. The number of aryl methyl sites for hydroxylation is 1. The van der Waals surface area contributed by atoms with Crippen molar-refractivity contribution in [2.75, 3.05) is 6.26 Å². The van der Waals surface area contributed by atoms with Crippen molar-refractivity contribution in [2.45, 2.75) is 11.9 Å². The first-order chi connectivity index (χ1) is 11.5. The van der Waals surface area contributed by atoms with Crippen LogP contribution in [0.2, 0.25) is 0 Å². The number of hydrogen-bond acceptors (Lipinski definition) is 7. The maximum Gasteiger partial charge on any atom is 0.303 e. The highest BCUT2D eigenvalue weighted by Crippen LogP contribution is 2.15. The standard InChI is InChI=1S/C15H13N5O3S/c1-10-18-14(19-23-10)11-6-7-12(17-9-11)15(21)20-24(2,22)13-5-3-4-8-16-13/h3-9H,1-2H3. The first-order valence-electron chi connectivity index (χ1n) is 6.90. The van der Waals surface area contributed by atoms with E-state index < -0.39 is 15.6 Å². The molecular weight excluding hydrogens is 330 g/mol. The van der Waals surface area contributed by atoms with Crippen LogP contribution in [-0.2, 0) is 9.73 Å². The number of carbonyl (C=O) groups excluding carboxylic acids is 1. The van der Waals surface area contributed by atoms with E-state index in [0.717, 1.165) is 0 Å². The minimum absolute atomic E-state index is 0.0736. The second-order valence-corrected chi connectivity index (χ2v) is 7.14. The van der Waals surface area contributed by atoms with Gasteiger partial charge in [0.25, 0.3) is 0 Å². The third-order valence-corrected chi connectivity index (χ3v) is 4.58. The van der Waals surface area contributed by atoms with Crippen LogP contribution in [-0.4, -0.2) is 36.5 Å². The fourth-order valence-electron chi connectivity index (χ4n) is 1.89. The quantitative estimate of drug-likeness (QED) is 0.716. The molecule has 0 saturated carbocycles. The van der Waals surface area contributed by atoms with Gasteiger partial charge in [0, 0.05) is 31.1 Å². The van der Waals surface area contributed by atoms with E-state index in [1.165, 1.54) is 24.7 Å². The second kappa shape index (κ2) is 6.28. The van der Waals surface area contributed by atoms with Crippen molar-refractivity contribution in [3.05, 3.63) is 54.3 Å². The molecule has 1 atom stereocenters. The third kappa shape index (κ3) is 3.35. The monoisotopic (exact) mass is 343 g/mol. The zero-order chi connectivity index (χ0) is 17.2. The summed E-state index contributed by atoms with van der Waals surface area (Å²) < 4.78 is 21.2. The molecule has 1 unspecified atom stereocenters. The molecule has 0 spiro atoms. The lowest BCUT2D eigenvalue weighted by Crippen LogP contribution is -2.06. The molecule has 3 aromatic heterocycles. The van der Waals surface area contributed by atoms with E-state index in [9.17, 15) is 9.00 Å². The molecule has 0 aliphatic carbocycles. The minimum atomic E-state index is -2.93. The van der Waals surface area contributed by atoms with Gasteiger partial charge < -0.3 is 4.52 Å². The van der Waals surface area contributed by atoms with Crippen molar-refractivity contribution < 1.29 is 13.5 Å². The van der Waals surface area contributed by atoms with Crippen LogP contribution >= 0.6 is 0 Å². The molecule has 0 bridgehead atoms. The zero-order valence-electron chi connectivity index (χ0n) is 12.9. The molecular formula is C15H13N5O3S. The van der Waals surface area contributed by atoms with Crippen LogP contribution in [0, 0.1) is 6.92 Å². The SMILES string of the molecule is Cc1nc(-c2ccc(C(=O)N=S(C)(=O)c3ccccn3)nc2)no1. The van der Waals surface area contributed by atoms with Crippen molar-refractivity contribution in [3.63, 3.8) is 0 Å². The number of carbonyl (C=O) groups is 1. The van der Waals surface area contributed by atoms with Gasteiger partial charge in [-0.25, -0.2) is 9.19 Å². The van der Waals surface area contributed by atoms with Crippen LogP contribution in [0.1, 0.15) is 16.4 Å². The summed E-state index contributed by atoms with van der Waals surface area (Å²) >= 11 is 0. The normalized spacial score (nSPS) is 13.2. The molecule has 0 aromatic carbocycles. The predicted molar refractivity (Wildman–Crippen MR) is 85.6 cm³/mol. The minimum Gasteiger partial charge on any atom is -0.339 e. The van der Waals surface area contributed by atoms with Crippen LogP contribution in [0.15, 0.2) is 56.6 Å². The van der Waals surface area contributed by atoms with Gasteiger partial charge in [-0.2, -0.15) is 9.35 Å². The molecule has 3 heterocycles. The highest BCUT2D eigenvalue weighted by Gasteiger charge is 2.14. The summed E-state index contributed by atoms with van der Waals surface area (Å²) in [6.07, 6.45) is 4.30. The molecule has 0 aliphatic heterocycles. The molecule has 24 heavy (non-hydrogen) atoms. The van der Waals surface area contributed by atoms with E-state index in [2.05, 4.69) is 24.5 Å². The van der Waals surface area contributed by atoms with E-state index in [1.807, 2.05) is 0 Å². The van der Waals surface area contributed by atoms with Gasteiger partial charge in [0.05, 0.1) is 9.73 Å². The lowest BCUT2D eigenvalue weighted by atomic mass is 10.2. The molecule has 0 saturated heterocycles. The largest absolute Gasteiger partial charge is 0.339 e. The third-order valence-electron chi connectivity index (χ3n) is 3.05. The van der Waals surface area contributed by atoms with Crippen molar-refractivity contribution in [1.82, 2.24) is 20.1 Å². The molecule has 0 aliphatic rings. The Bertz CT molecular complexity index is 989. The van der Waals surface area contributed by atoms with E-state index in [1.54, 1.807) is 31.2 Å². The first-order valence-corrected chi connectivity index (χ1v) is 8.82. The number of nitrogens with zero attached hydrogens (tertiary/aromatic N) is 5. The van der Waals surface area contributed by atoms with Crippen molar-refractivity contribution in [3.8, 4) is 11.4 Å². The van der Waals surface area contributed by atoms with Gasteiger partial charge in [0.15, 0.2) is 0 Å². The lowest BCUT2D eigenvalue weighted by molar-refractivity contribution is 0.1000. The summed E-state index contributed by atoms with van der Waals surface area (Å²) in [7, 11) is -2.93. The van der Waals surface area contributed by atoms with E-state index in [0.29, 0.717) is 17.3 Å². The summed E-state index contributed by atoms with van der Waals surface area (Å²) in [6.45, 7) is 1.68. The molecule has 0 fully saturated rings. The van der Waals surface area contributed by atoms with Crippen LogP contribution < -0.4 is 0 Å². The van der Waals surface area contributed by atoms with Gasteiger partial charge in [-0.1, -0.05) is 11.2 Å². The summed E-state index contributed by atoms with van der Waals surface area (Å²) in [5, 5.41) is 4.02. The van der Waals surface area contributed by atoms with Gasteiger partial charge in [0.2, 0.25) is 11.7 Å². The Morgan fingerprint density at radius 2 is 2.04 bits per heavy atom. The predicted octanol–water partition coefficient (Wildman–Crippen LogP) is 2.13. The Hall–Kier alpha value is -2.94. The maximum atomic E-state index is 12.6. The zero-order valence-corrected chi connectivity index (χ0v) is 13.7. The summed E-state index contributed by atoms with van der Waals surface area (Å²) in [5.74, 6) is 0.133. The van der Waals surface area contributed by atoms with Crippen LogP contribution in [0.3, 0.4) is 0 Å². The average Bonchev–Trinajstić information content (AvgIpc) is 3.02. The highest BCUT2D eigenvalue weighted by atomic mass is 32.2. The molecule has 122 valence electrons. The number of pyridine rings is 2. The van der Waals surface area contributed by atoms with Gasteiger partial charge in [0.1, 0.15) is 10.7 Å². The van der Waals surface area contributed by atoms with Crippen LogP contribution in [0.4, 0.5) is 0 Å². The molecule has 3 aromatic rings. The molecule has 0 N–H and O–H groups in total. The van der Waals surface area contributed by atoms with Gasteiger partial charge in [-0.05, 0) is 24.3 Å². The summed E-state index contributed by atoms with van der Waals surface area (Å²) in [5.41, 5.74) is 0.676. The Balaban J connectivity index is 1.88. The molecule has 8 nitrogen and oxygen atoms in total. The number of aromatic nitrogens is 4. The Labute approximate surface area is 138 Å². The topological polar surface area (TPSA) is 111 Å². The van der Waals surface area contributed by atoms with Crippen molar-refractivity contribution in [1.29, 1.82) is 0 Å². The van der Waals surface area contributed by atoms with Crippen LogP contribution in [0.25, 0.3) is 11.4 Å². The second-order valence-electron chi connectivity index (χ2n) is 4.94. The van der Waals surface area contributed by atoms with E-state index >= 15 is 0 Å². The Morgan fingerprint density at radius 1 is 1.21 bits per heavy atom. The van der Waals surface area contributed by atoms with Gasteiger partial charge >= 0.3 is 5.91 Å². The molecule has 1 amide bonds. The number of hydrogen-bond donors (Lipinski definition) is 0. The smallest absolute Gasteiger partial charge is 0.303 e. The fraction of sp³-hybridized carbons (Fsp3) is 0.133. The molecule has 3 rings (SSSR count). The first kappa shape index (κ1) is 15.9. The Kier molecular flexibility index (Phi) is 4.17. The van der Waals surface area contributed by atoms with Gasteiger partial charge in [-0.15, -0.1) is 0 Å². The van der Waals surface area contributed by atoms with Crippen molar-refractivity contribution >= 4 is 15.6 Å². The van der Waals surface area contributed by atoms with E-state index in [4.69, 9.17) is 4.52 Å². The maximum absolute atomic E-state index is 12.6. The Morgan fingerprint density at radius 3 is 2.62 bits per heavy atom. The fourth-order valence-corrected chi connectivity index (χ4v) is 2.98. The van der Waals surface area contributed by atoms with Crippen LogP contribution in [0.5, 0.6) is 0 Å². The average molecular weight is 343 g/mol. The number of amides is 1.